The summed E-state index contributed by atoms with van der Waals surface area (Å²) in [5.74, 6) is 0.784. The first-order valence-electron chi connectivity index (χ1n) is 7.45. The van der Waals surface area contributed by atoms with Gasteiger partial charge in [-0.3, -0.25) is 4.98 Å². The standard InChI is InChI=1S/C16H26N2O/c1-4-17-16(11-14-5-7-19-8-6-14)15-9-12(2)18-13(3)10-15/h9-10,14,16-17H,4-8,11H2,1-3H3. The fraction of sp³-hybridized carbons (Fsp3) is 0.688. The second kappa shape index (κ2) is 7.01. The first-order valence-corrected chi connectivity index (χ1v) is 7.45. The Kier molecular flexibility index (Phi) is 5.34. The lowest BCUT2D eigenvalue weighted by Gasteiger charge is -2.27. The summed E-state index contributed by atoms with van der Waals surface area (Å²) in [4.78, 5) is 4.48. The van der Waals surface area contributed by atoms with Crippen LogP contribution in [-0.2, 0) is 4.74 Å². The zero-order chi connectivity index (χ0) is 13.7. The lowest BCUT2D eigenvalue weighted by molar-refractivity contribution is 0.0605. The molecule has 1 N–H and O–H groups in total. The molecule has 1 aromatic rings. The minimum atomic E-state index is 0.452. The molecule has 0 bridgehead atoms. The Hall–Kier alpha value is -0.930. The van der Waals surface area contributed by atoms with Gasteiger partial charge in [-0.25, -0.2) is 0 Å². The predicted molar refractivity (Wildman–Crippen MR) is 78.3 cm³/mol. The minimum absolute atomic E-state index is 0.452. The van der Waals surface area contributed by atoms with Crippen LogP contribution in [-0.4, -0.2) is 24.7 Å². The van der Waals surface area contributed by atoms with Crippen molar-refractivity contribution < 1.29 is 4.74 Å². The van der Waals surface area contributed by atoms with E-state index in [1.165, 1.54) is 24.8 Å². The molecule has 0 amide bonds. The van der Waals surface area contributed by atoms with E-state index in [9.17, 15) is 0 Å². The van der Waals surface area contributed by atoms with Gasteiger partial charge in [0.1, 0.15) is 0 Å². The summed E-state index contributed by atoms with van der Waals surface area (Å²) in [6, 6.07) is 4.90. The molecule has 1 fully saturated rings. The number of aryl methyl sites for hydroxylation is 2. The number of ether oxygens (including phenoxy) is 1. The Labute approximate surface area is 116 Å². The van der Waals surface area contributed by atoms with E-state index in [0.717, 1.165) is 37.1 Å². The number of nitrogens with zero attached hydrogens (tertiary/aromatic N) is 1. The highest BCUT2D eigenvalue weighted by Crippen LogP contribution is 2.28. The van der Waals surface area contributed by atoms with Crippen LogP contribution >= 0.6 is 0 Å². The second-order valence-electron chi connectivity index (χ2n) is 5.58. The van der Waals surface area contributed by atoms with Crippen molar-refractivity contribution in [1.29, 1.82) is 0 Å². The van der Waals surface area contributed by atoms with Crippen LogP contribution in [0.25, 0.3) is 0 Å². The van der Waals surface area contributed by atoms with Gasteiger partial charge in [0.15, 0.2) is 0 Å². The van der Waals surface area contributed by atoms with Crippen molar-refractivity contribution in [1.82, 2.24) is 10.3 Å². The molecule has 1 aromatic heterocycles. The molecule has 19 heavy (non-hydrogen) atoms. The molecule has 3 heteroatoms. The summed E-state index contributed by atoms with van der Waals surface area (Å²) in [7, 11) is 0. The van der Waals surface area contributed by atoms with Gasteiger partial charge >= 0.3 is 0 Å². The summed E-state index contributed by atoms with van der Waals surface area (Å²) < 4.78 is 5.45. The van der Waals surface area contributed by atoms with Crippen LogP contribution in [0.3, 0.4) is 0 Å². The molecular formula is C16H26N2O. The quantitative estimate of drug-likeness (QED) is 0.885. The zero-order valence-electron chi connectivity index (χ0n) is 12.4. The van der Waals surface area contributed by atoms with E-state index in [-0.39, 0.29) is 0 Å². The molecule has 0 radical (unpaired) electrons. The molecule has 1 atom stereocenters. The Morgan fingerprint density at radius 3 is 2.47 bits per heavy atom. The highest BCUT2D eigenvalue weighted by molar-refractivity contribution is 5.23. The third-order valence-corrected chi connectivity index (χ3v) is 3.87. The second-order valence-corrected chi connectivity index (χ2v) is 5.58. The largest absolute Gasteiger partial charge is 0.381 e. The minimum Gasteiger partial charge on any atom is -0.381 e. The van der Waals surface area contributed by atoms with Crippen LogP contribution in [0.2, 0.25) is 0 Å². The highest BCUT2D eigenvalue weighted by atomic mass is 16.5. The van der Waals surface area contributed by atoms with Crippen molar-refractivity contribution in [2.75, 3.05) is 19.8 Å². The van der Waals surface area contributed by atoms with Gasteiger partial charge in [0.2, 0.25) is 0 Å². The molecule has 3 nitrogen and oxygen atoms in total. The molecule has 1 aliphatic heterocycles. The van der Waals surface area contributed by atoms with Gasteiger partial charge in [-0.2, -0.15) is 0 Å². The molecule has 1 saturated heterocycles. The number of aromatic nitrogens is 1. The third-order valence-electron chi connectivity index (χ3n) is 3.87. The lowest BCUT2D eigenvalue weighted by Crippen LogP contribution is -2.26. The maximum absolute atomic E-state index is 5.45. The topological polar surface area (TPSA) is 34.1 Å². The molecular weight excluding hydrogens is 236 g/mol. The van der Waals surface area contributed by atoms with Gasteiger partial charge < -0.3 is 10.1 Å². The maximum atomic E-state index is 5.45. The molecule has 106 valence electrons. The Balaban J connectivity index is 2.09. The summed E-state index contributed by atoms with van der Waals surface area (Å²) >= 11 is 0. The summed E-state index contributed by atoms with van der Waals surface area (Å²) in [6.45, 7) is 9.20. The van der Waals surface area contributed by atoms with Crippen LogP contribution in [0.1, 0.15) is 49.2 Å². The average Bonchev–Trinajstić information content (AvgIpc) is 2.38. The molecule has 1 aliphatic rings. The van der Waals surface area contributed by atoms with Gasteiger partial charge in [-0.05, 0) is 63.3 Å². The van der Waals surface area contributed by atoms with Crippen LogP contribution in [0.5, 0.6) is 0 Å². The summed E-state index contributed by atoms with van der Waals surface area (Å²) in [5, 5.41) is 3.63. The Morgan fingerprint density at radius 2 is 1.89 bits per heavy atom. The molecule has 0 aliphatic carbocycles. The van der Waals surface area contributed by atoms with Gasteiger partial charge in [-0.15, -0.1) is 0 Å². The van der Waals surface area contributed by atoms with Crippen molar-refractivity contribution in [2.24, 2.45) is 5.92 Å². The number of hydrogen-bond acceptors (Lipinski definition) is 3. The molecule has 0 aromatic carbocycles. The van der Waals surface area contributed by atoms with Crippen LogP contribution < -0.4 is 5.32 Å². The van der Waals surface area contributed by atoms with E-state index in [2.05, 4.69) is 43.2 Å². The monoisotopic (exact) mass is 262 g/mol. The first-order chi connectivity index (χ1) is 9.19. The fourth-order valence-corrected chi connectivity index (χ4v) is 2.97. The van der Waals surface area contributed by atoms with Crippen LogP contribution in [0, 0.1) is 19.8 Å². The Bertz CT molecular complexity index is 379. The predicted octanol–water partition coefficient (Wildman–Crippen LogP) is 3.17. The number of nitrogens with one attached hydrogen (secondary N) is 1. The van der Waals surface area contributed by atoms with E-state index in [0.29, 0.717) is 6.04 Å². The van der Waals surface area contributed by atoms with Crippen molar-refractivity contribution in [3.63, 3.8) is 0 Å². The lowest BCUT2D eigenvalue weighted by atomic mass is 9.89. The zero-order valence-corrected chi connectivity index (χ0v) is 12.4. The molecule has 2 heterocycles. The average molecular weight is 262 g/mol. The van der Waals surface area contributed by atoms with Crippen molar-refractivity contribution in [2.45, 2.75) is 46.1 Å². The molecule has 1 unspecified atom stereocenters. The fourth-order valence-electron chi connectivity index (χ4n) is 2.97. The summed E-state index contributed by atoms with van der Waals surface area (Å²) in [5.41, 5.74) is 3.62. The van der Waals surface area contributed by atoms with Crippen molar-refractivity contribution in [3.8, 4) is 0 Å². The van der Waals surface area contributed by atoms with Gasteiger partial charge in [0.25, 0.3) is 0 Å². The normalized spacial score (nSPS) is 18.5. The van der Waals surface area contributed by atoms with Crippen LogP contribution in [0.15, 0.2) is 12.1 Å². The van der Waals surface area contributed by atoms with Gasteiger partial charge in [-0.1, -0.05) is 6.92 Å². The van der Waals surface area contributed by atoms with E-state index in [1.54, 1.807) is 0 Å². The highest BCUT2D eigenvalue weighted by Gasteiger charge is 2.20. The van der Waals surface area contributed by atoms with E-state index < -0.39 is 0 Å². The first kappa shape index (κ1) is 14.5. The molecule has 0 saturated carbocycles. The molecule has 0 spiro atoms. The molecule has 2 rings (SSSR count). The van der Waals surface area contributed by atoms with E-state index in [4.69, 9.17) is 4.74 Å². The van der Waals surface area contributed by atoms with Gasteiger partial charge in [0.05, 0.1) is 0 Å². The third kappa shape index (κ3) is 4.29. The van der Waals surface area contributed by atoms with E-state index >= 15 is 0 Å². The number of pyridine rings is 1. The smallest absolute Gasteiger partial charge is 0.0468 e. The maximum Gasteiger partial charge on any atom is 0.0468 e. The SMILES string of the molecule is CCNC(CC1CCOCC1)c1cc(C)nc(C)c1. The van der Waals surface area contributed by atoms with Crippen molar-refractivity contribution in [3.05, 3.63) is 29.1 Å². The Morgan fingerprint density at radius 1 is 1.26 bits per heavy atom. The van der Waals surface area contributed by atoms with Crippen molar-refractivity contribution >= 4 is 0 Å². The van der Waals surface area contributed by atoms with Crippen LogP contribution in [0.4, 0.5) is 0 Å². The van der Waals surface area contributed by atoms with Gasteiger partial charge in [0, 0.05) is 30.6 Å². The summed E-state index contributed by atoms with van der Waals surface area (Å²) in [6.07, 6.45) is 3.61. The number of rotatable bonds is 5. The number of hydrogen-bond donors (Lipinski definition) is 1. The van der Waals surface area contributed by atoms with E-state index in [1.807, 2.05) is 0 Å².